The molecule has 0 atom stereocenters. The Labute approximate surface area is 229 Å². The molecule has 200 valence electrons. The van der Waals surface area contributed by atoms with Crippen LogP contribution in [0.5, 0.6) is 5.75 Å². The molecule has 4 heteroatoms. The molecule has 0 aliphatic carbocycles. The zero-order chi connectivity index (χ0) is 26.9. The maximum atomic E-state index is 9.97. The molecule has 0 saturated heterocycles. The van der Waals surface area contributed by atoms with Crippen molar-refractivity contribution in [1.82, 2.24) is 14.5 Å². The van der Waals surface area contributed by atoms with Gasteiger partial charge in [-0.3, -0.25) is 4.90 Å². The first-order chi connectivity index (χ1) is 18.5. The monoisotopic (exact) mass is 509 g/mol. The molecule has 0 amide bonds. The van der Waals surface area contributed by atoms with Crippen LogP contribution in [0.2, 0.25) is 0 Å². The highest BCUT2D eigenvalue weighted by Gasteiger charge is 2.22. The van der Waals surface area contributed by atoms with Gasteiger partial charge in [0.15, 0.2) is 0 Å². The van der Waals surface area contributed by atoms with E-state index in [2.05, 4.69) is 97.0 Å². The molecule has 0 aliphatic rings. The molecule has 0 bridgehead atoms. The van der Waals surface area contributed by atoms with Crippen LogP contribution < -0.4 is 0 Å². The first kappa shape index (κ1) is 27.7. The van der Waals surface area contributed by atoms with Gasteiger partial charge < -0.3 is 9.67 Å². The third-order valence-corrected chi connectivity index (χ3v) is 7.31. The molecule has 0 radical (unpaired) electrons. The van der Waals surface area contributed by atoms with Gasteiger partial charge in [-0.05, 0) is 62.9 Å². The number of hydrogen-bond donors (Lipinski definition) is 1. The summed E-state index contributed by atoms with van der Waals surface area (Å²) in [4.78, 5) is 7.92. The van der Waals surface area contributed by atoms with Crippen LogP contribution in [0.3, 0.4) is 0 Å². The molecule has 4 nitrogen and oxygen atoms in total. The second-order valence-corrected chi connectivity index (χ2v) is 10.5. The van der Waals surface area contributed by atoms with E-state index in [0.717, 1.165) is 62.5 Å². The Morgan fingerprint density at radius 1 is 0.816 bits per heavy atom. The number of hydrogen-bond acceptors (Lipinski definition) is 3. The highest BCUT2D eigenvalue weighted by molar-refractivity contribution is 5.69. The van der Waals surface area contributed by atoms with Gasteiger partial charge in [0, 0.05) is 30.8 Å². The number of aromatic hydroxyl groups is 1. The van der Waals surface area contributed by atoms with Crippen LogP contribution in [-0.2, 0) is 19.5 Å². The molecule has 3 aromatic carbocycles. The second kappa shape index (κ2) is 13.4. The maximum absolute atomic E-state index is 9.97. The lowest BCUT2D eigenvalue weighted by Gasteiger charge is -2.24. The van der Waals surface area contributed by atoms with E-state index in [9.17, 15) is 5.11 Å². The van der Waals surface area contributed by atoms with Crippen molar-refractivity contribution in [3.63, 3.8) is 0 Å². The molecule has 0 unspecified atom stereocenters. The molecule has 4 rings (SSSR count). The predicted molar refractivity (Wildman–Crippen MR) is 159 cm³/mol. The number of unbranched alkanes of at least 4 members (excludes halogenated alkanes) is 2. The van der Waals surface area contributed by atoms with E-state index in [1.54, 1.807) is 0 Å². The Kier molecular flexibility index (Phi) is 9.78. The van der Waals surface area contributed by atoms with E-state index in [4.69, 9.17) is 4.98 Å². The Balaban J connectivity index is 1.74. The van der Waals surface area contributed by atoms with Crippen LogP contribution in [0.1, 0.15) is 61.9 Å². The van der Waals surface area contributed by atoms with Gasteiger partial charge in [0.1, 0.15) is 11.6 Å². The summed E-state index contributed by atoms with van der Waals surface area (Å²) in [7, 11) is 0. The largest absolute Gasteiger partial charge is 0.508 e. The lowest BCUT2D eigenvalue weighted by atomic mass is 10.1. The zero-order valence-electron chi connectivity index (χ0n) is 23.6. The average molecular weight is 510 g/mol. The van der Waals surface area contributed by atoms with Crippen molar-refractivity contribution in [2.75, 3.05) is 13.1 Å². The minimum Gasteiger partial charge on any atom is -0.508 e. The van der Waals surface area contributed by atoms with E-state index in [1.165, 1.54) is 40.8 Å². The Morgan fingerprint density at radius 2 is 1.58 bits per heavy atom. The number of aromatic nitrogens is 2. The van der Waals surface area contributed by atoms with E-state index in [1.807, 2.05) is 13.0 Å². The van der Waals surface area contributed by atoms with Gasteiger partial charge in [0.2, 0.25) is 0 Å². The first-order valence-electron chi connectivity index (χ1n) is 14.2. The van der Waals surface area contributed by atoms with Crippen molar-refractivity contribution in [3.8, 4) is 28.4 Å². The lowest BCUT2D eigenvalue weighted by Crippen LogP contribution is -2.28. The van der Waals surface area contributed by atoms with Crippen LogP contribution in [0, 0.1) is 13.8 Å². The molecule has 0 spiro atoms. The number of benzene rings is 3. The normalized spacial score (nSPS) is 11.4. The highest BCUT2D eigenvalue weighted by atomic mass is 16.3. The van der Waals surface area contributed by atoms with Gasteiger partial charge in [-0.25, -0.2) is 4.98 Å². The number of nitrogens with zero attached hydrogens (tertiary/aromatic N) is 3. The van der Waals surface area contributed by atoms with Gasteiger partial charge in [0.25, 0.3) is 0 Å². The quantitative estimate of drug-likeness (QED) is 0.198. The summed E-state index contributed by atoms with van der Waals surface area (Å²) in [6.45, 7) is 12.5. The molecular weight excluding hydrogens is 466 g/mol. The summed E-state index contributed by atoms with van der Waals surface area (Å²) in [5, 5.41) is 9.97. The van der Waals surface area contributed by atoms with Gasteiger partial charge >= 0.3 is 0 Å². The van der Waals surface area contributed by atoms with Crippen LogP contribution >= 0.6 is 0 Å². The molecular formula is C34H43N3O. The zero-order valence-corrected chi connectivity index (χ0v) is 23.6. The van der Waals surface area contributed by atoms with Crippen LogP contribution in [0.4, 0.5) is 0 Å². The molecule has 0 aliphatic heterocycles. The van der Waals surface area contributed by atoms with E-state index >= 15 is 0 Å². The summed E-state index contributed by atoms with van der Waals surface area (Å²) in [5.41, 5.74) is 8.23. The molecule has 1 heterocycles. The molecule has 0 fully saturated rings. The van der Waals surface area contributed by atoms with Crippen molar-refractivity contribution in [3.05, 3.63) is 95.2 Å². The third-order valence-electron chi connectivity index (χ3n) is 7.31. The van der Waals surface area contributed by atoms with Crippen molar-refractivity contribution >= 4 is 0 Å². The van der Waals surface area contributed by atoms with Gasteiger partial charge in [0.05, 0.1) is 11.4 Å². The van der Waals surface area contributed by atoms with Crippen molar-refractivity contribution in [2.24, 2.45) is 0 Å². The summed E-state index contributed by atoms with van der Waals surface area (Å²) in [6, 6.07) is 25.4. The standard InChI is InChI=1S/C34H43N3O/c1-5-7-20-36(22-19-28-17-18-32(38)27(4)24-28)25-31-33(30-16-12-13-26(3)23-30)35-34(37(31)21-8-6-2)29-14-10-9-11-15-29/h9-18,23-24,38H,5-8,19-22,25H2,1-4H3. The average Bonchev–Trinajstić information content (AvgIpc) is 3.29. The van der Waals surface area contributed by atoms with Crippen LogP contribution in [0.25, 0.3) is 22.6 Å². The summed E-state index contributed by atoms with van der Waals surface area (Å²) < 4.78 is 2.49. The van der Waals surface area contributed by atoms with Gasteiger partial charge in [-0.15, -0.1) is 0 Å². The van der Waals surface area contributed by atoms with Crippen LogP contribution in [0.15, 0.2) is 72.8 Å². The molecule has 0 saturated carbocycles. The number of rotatable bonds is 13. The number of imidazole rings is 1. The fourth-order valence-corrected chi connectivity index (χ4v) is 5.06. The number of phenolic OH excluding ortho intramolecular Hbond substituents is 1. The summed E-state index contributed by atoms with van der Waals surface area (Å²) in [6.07, 6.45) is 5.57. The SMILES string of the molecule is CCCCN(CCc1ccc(O)c(C)c1)Cc1c(-c2cccc(C)c2)nc(-c2ccccc2)n1CCCC. The van der Waals surface area contributed by atoms with E-state index in [-0.39, 0.29) is 0 Å². The van der Waals surface area contributed by atoms with Gasteiger partial charge in [-0.1, -0.05) is 92.9 Å². The maximum Gasteiger partial charge on any atom is 0.140 e. The third kappa shape index (κ3) is 6.93. The molecule has 38 heavy (non-hydrogen) atoms. The smallest absolute Gasteiger partial charge is 0.140 e. The summed E-state index contributed by atoms with van der Waals surface area (Å²) in [5.74, 6) is 1.43. The topological polar surface area (TPSA) is 41.3 Å². The van der Waals surface area contributed by atoms with Crippen molar-refractivity contribution in [1.29, 1.82) is 0 Å². The first-order valence-corrected chi connectivity index (χ1v) is 14.2. The minimum absolute atomic E-state index is 0.368. The van der Waals surface area contributed by atoms with Crippen molar-refractivity contribution in [2.45, 2.75) is 72.9 Å². The second-order valence-electron chi connectivity index (χ2n) is 10.5. The molecule has 1 N–H and O–H groups in total. The fraction of sp³-hybridized carbons (Fsp3) is 0.382. The molecule has 1 aromatic heterocycles. The summed E-state index contributed by atoms with van der Waals surface area (Å²) >= 11 is 0. The van der Waals surface area contributed by atoms with E-state index in [0.29, 0.717) is 5.75 Å². The molecule has 4 aromatic rings. The lowest BCUT2D eigenvalue weighted by molar-refractivity contribution is 0.258. The van der Waals surface area contributed by atoms with Gasteiger partial charge in [-0.2, -0.15) is 0 Å². The number of phenols is 1. The number of aryl methyl sites for hydroxylation is 2. The Morgan fingerprint density at radius 3 is 2.29 bits per heavy atom. The Hall–Kier alpha value is -3.37. The predicted octanol–water partition coefficient (Wildman–Crippen LogP) is 8.18. The van der Waals surface area contributed by atoms with Crippen LogP contribution in [-0.4, -0.2) is 32.6 Å². The highest BCUT2D eigenvalue weighted by Crippen LogP contribution is 2.32. The fourth-order valence-electron chi connectivity index (χ4n) is 5.06. The minimum atomic E-state index is 0.368. The van der Waals surface area contributed by atoms with E-state index < -0.39 is 0 Å². The Bertz CT molecular complexity index is 1310. The van der Waals surface area contributed by atoms with Crippen molar-refractivity contribution < 1.29 is 5.11 Å².